The third kappa shape index (κ3) is 3.90. The van der Waals surface area contributed by atoms with E-state index in [2.05, 4.69) is 15.4 Å². The Balaban J connectivity index is 1.54. The molecule has 3 aliphatic heterocycles. The van der Waals surface area contributed by atoms with Gasteiger partial charge in [-0.05, 0) is 25.9 Å². The molecule has 2 bridgehead atoms. The number of nitrogens with zero attached hydrogens (tertiary/aromatic N) is 2. The number of hydrogen-bond donors (Lipinski definition) is 1. The molecule has 5 nitrogen and oxygen atoms in total. The maximum absolute atomic E-state index is 13.9. The van der Waals surface area contributed by atoms with Crippen LogP contribution in [0.2, 0.25) is 0 Å². The number of fused-ring (bicyclic) bond motifs is 3. The standard InChI is InChI=1S/C21H24N3O2P/c25-21(23-22-20-15-24-13-11-17(20)12-14-24)16-27(26,18-7-3-1-4-8-18)19-9-5-2-6-10-19/h1-10,17H,11-16H2,(H,23,25)/b22-20+. The second kappa shape index (κ2) is 7.79. The molecule has 3 fully saturated rings. The number of hydrazone groups is 1. The Morgan fingerprint density at radius 2 is 1.56 bits per heavy atom. The van der Waals surface area contributed by atoms with Crippen LogP contribution in [-0.4, -0.2) is 42.3 Å². The number of amides is 1. The minimum Gasteiger partial charge on any atom is -0.313 e. The summed E-state index contributed by atoms with van der Waals surface area (Å²) in [5.74, 6) is 0.181. The van der Waals surface area contributed by atoms with Gasteiger partial charge in [0.05, 0.1) is 11.9 Å². The average Bonchev–Trinajstić information content (AvgIpc) is 2.74. The highest BCUT2D eigenvalue weighted by molar-refractivity contribution is 7.79. The summed E-state index contributed by atoms with van der Waals surface area (Å²) in [5, 5.41) is 5.78. The smallest absolute Gasteiger partial charge is 0.248 e. The molecular formula is C21H24N3O2P. The fourth-order valence-corrected chi connectivity index (χ4v) is 6.40. The van der Waals surface area contributed by atoms with Crippen molar-refractivity contribution in [2.24, 2.45) is 11.0 Å². The van der Waals surface area contributed by atoms with Crippen LogP contribution in [0.4, 0.5) is 0 Å². The minimum absolute atomic E-state index is 0.0772. The lowest BCUT2D eigenvalue weighted by atomic mass is 9.87. The predicted octanol–water partition coefficient (Wildman–Crippen LogP) is 2.20. The quantitative estimate of drug-likeness (QED) is 0.638. The van der Waals surface area contributed by atoms with Gasteiger partial charge >= 0.3 is 0 Å². The van der Waals surface area contributed by atoms with Crippen molar-refractivity contribution >= 4 is 29.4 Å². The lowest BCUT2D eigenvalue weighted by Crippen LogP contribution is -2.48. The number of hydrogen-bond acceptors (Lipinski definition) is 4. The van der Waals surface area contributed by atoms with Crippen molar-refractivity contribution in [1.82, 2.24) is 10.3 Å². The van der Waals surface area contributed by atoms with Gasteiger partial charge in [0.25, 0.3) is 0 Å². The molecule has 0 radical (unpaired) electrons. The van der Waals surface area contributed by atoms with E-state index in [1.54, 1.807) is 0 Å². The molecule has 2 aromatic rings. The van der Waals surface area contributed by atoms with Crippen LogP contribution < -0.4 is 16.0 Å². The fourth-order valence-electron chi connectivity index (χ4n) is 3.95. The normalized spacial score (nSPS) is 23.3. The van der Waals surface area contributed by atoms with Crippen molar-refractivity contribution < 1.29 is 9.36 Å². The van der Waals surface area contributed by atoms with Gasteiger partial charge in [0, 0.05) is 23.1 Å². The highest BCUT2D eigenvalue weighted by atomic mass is 31.2. The predicted molar refractivity (Wildman–Crippen MR) is 109 cm³/mol. The van der Waals surface area contributed by atoms with E-state index < -0.39 is 7.14 Å². The molecule has 0 saturated carbocycles. The number of benzene rings is 2. The van der Waals surface area contributed by atoms with Crippen molar-refractivity contribution in [3.63, 3.8) is 0 Å². The van der Waals surface area contributed by atoms with E-state index in [1.807, 2.05) is 60.7 Å². The monoisotopic (exact) mass is 381 g/mol. The molecule has 27 heavy (non-hydrogen) atoms. The molecular weight excluding hydrogens is 357 g/mol. The number of piperidine rings is 3. The molecule has 3 aliphatic rings. The van der Waals surface area contributed by atoms with Gasteiger partial charge in [-0.15, -0.1) is 0 Å². The molecule has 0 unspecified atom stereocenters. The van der Waals surface area contributed by atoms with Gasteiger partial charge in [-0.1, -0.05) is 60.7 Å². The second-order valence-corrected chi connectivity index (χ2v) is 10.1. The lowest BCUT2D eigenvalue weighted by Gasteiger charge is -2.39. The summed E-state index contributed by atoms with van der Waals surface area (Å²) in [5.41, 5.74) is 3.73. The van der Waals surface area contributed by atoms with E-state index >= 15 is 0 Å². The first-order valence-electron chi connectivity index (χ1n) is 9.43. The zero-order valence-electron chi connectivity index (χ0n) is 15.3. The summed E-state index contributed by atoms with van der Waals surface area (Å²) >= 11 is 0. The molecule has 1 amide bonds. The van der Waals surface area contributed by atoms with E-state index in [4.69, 9.17) is 0 Å². The number of rotatable bonds is 5. The van der Waals surface area contributed by atoms with Crippen LogP contribution in [0.15, 0.2) is 65.8 Å². The van der Waals surface area contributed by atoms with E-state index in [0.29, 0.717) is 16.5 Å². The van der Waals surface area contributed by atoms with Crippen molar-refractivity contribution in [1.29, 1.82) is 0 Å². The maximum Gasteiger partial charge on any atom is 0.248 e. The van der Waals surface area contributed by atoms with Crippen LogP contribution in [0.3, 0.4) is 0 Å². The second-order valence-electron chi connectivity index (χ2n) is 7.26. The number of carbonyl (C=O) groups is 1. The fraction of sp³-hybridized carbons (Fsp3) is 0.333. The summed E-state index contributed by atoms with van der Waals surface area (Å²) in [6, 6.07) is 18.5. The van der Waals surface area contributed by atoms with E-state index in [9.17, 15) is 9.36 Å². The van der Waals surface area contributed by atoms with Crippen molar-refractivity contribution in [2.75, 3.05) is 25.8 Å². The third-order valence-corrected chi connectivity index (χ3v) is 8.48. The molecule has 0 aromatic heterocycles. The maximum atomic E-state index is 13.9. The number of carbonyl (C=O) groups excluding carboxylic acids is 1. The first-order chi connectivity index (χ1) is 13.1. The summed E-state index contributed by atoms with van der Waals surface area (Å²) < 4.78 is 13.9. The Labute approximate surface area is 159 Å². The topological polar surface area (TPSA) is 61.8 Å². The van der Waals surface area contributed by atoms with Crippen LogP contribution in [-0.2, 0) is 9.36 Å². The first-order valence-corrected chi connectivity index (χ1v) is 11.3. The highest BCUT2D eigenvalue weighted by Gasteiger charge is 2.32. The average molecular weight is 381 g/mol. The Morgan fingerprint density at radius 3 is 2.04 bits per heavy atom. The van der Waals surface area contributed by atoms with Crippen molar-refractivity contribution in [2.45, 2.75) is 12.8 Å². The zero-order chi connectivity index (χ0) is 18.7. The molecule has 0 spiro atoms. The van der Waals surface area contributed by atoms with Crippen LogP contribution in [0.25, 0.3) is 0 Å². The Hall–Kier alpha value is -2.23. The van der Waals surface area contributed by atoms with Crippen LogP contribution >= 0.6 is 7.14 Å². The van der Waals surface area contributed by atoms with E-state index in [0.717, 1.165) is 38.2 Å². The zero-order valence-corrected chi connectivity index (χ0v) is 16.1. The third-order valence-electron chi connectivity index (χ3n) is 5.48. The van der Waals surface area contributed by atoms with Crippen molar-refractivity contribution in [3.8, 4) is 0 Å². The Bertz CT molecular complexity index is 831. The van der Waals surface area contributed by atoms with Gasteiger partial charge in [-0.25, -0.2) is 5.43 Å². The first kappa shape index (κ1) is 18.1. The van der Waals surface area contributed by atoms with Gasteiger partial charge < -0.3 is 4.57 Å². The summed E-state index contributed by atoms with van der Waals surface area (Å²) in [6.45, 7) is 3.07. The van der Waals surface area contributed by atoms with Crippen LogP contribution in [0.1, 0.15) is 12.8 Å². The molecule has 3 heterocycles. The molecule has 0 atom stereocenters. The highest BCUT2D eigenvalue weighted by Crippen LogP contribution is 2.42. The SMILES string of the molecule is O=C(CP(=O)(c1ccccc1)c1ccccc1)N/N=C1\CN2CCC1CC2. The Kier molecular flexibility index (Phi) is 5.24. The number of nitrogens with one attached hydrogen (secondary N) is 1. The van der Waals surface area contributed by atoms with E-state index in [-0.39, 0.29) is 12.1 Å². The largest absolute Gasteiger partial charge is 0.313 e. The minimum atomic E-state index is -3.06. The summed E-state index contributed by atoms with van der Waals surface area (Å²) in [7, 11) is -3.06. The molecule has 6 heteroatoms. The summed E-state index contributed by atoms with van der Waals surface area (Å²) in [6.07, 6.45) is 2.15. The van der Waals surface area contributed by atoms with Crippen LogP contribution in [0.5, 0.6) is 0 Å². The van der Waals surface area contributed by atoms with Crippen molar-refractivity contribution in [3.05, 3.63) is 60.7 Å². The molecule has 1 N–H and O–H groups in total. The molecule has 5 rings (SSSR count). The van der Waals surface area contributed by atoms with Gasteiger partial charge in [0.2, 0.25) is 5.91 Å². The van der Waals surface area contributed by atoms with Gasteiger partial charge in [-0.3, -0.25) is 9.69 Å². The lowest BCUT2D eigenvalue weighted by molar-refractivity contribution is -0.118. The van der Waals surface area contributed by atoms with Gasteiger partial charge in [-0.2, -0.15) is 5.10 Å². The van der Waals surface area contributed by atoms with Gasteiger partial charge in [0.1, 0.15) is 0 Å². The van der Waals surface area contributed by atoms with Crippen LogP contribution in [0, 0.1) is 5.92 Å². The summed E-state index contributed by atoms with van der Waals surface area (Å²) in [4.78, 5) is 15.0. The molecule has 3 saturated heterocycles. The molecule has 2 aromatic carbocycles. The Morgan fingerprint density at radius 1 is 1.00 bits per heavy atom. The molecule has 0 aliphatic carbocycles. The van der Waals surface area contributed by atoms with E-state index in [1.165, 1.54) is 0 Å². The van der Waals surface area contributed by atoms with Gasteiger partial charge in [0.15, 0.2) is 7.14 Å². The molecule has 140 valence electrons.